The summed E-state index contributed by atoms with van der Waals surface area (Å²) in [4.78, 5) is 12.6. The Morgan fingerprint density at radius 2 is 1.59 bits per heavy atom. The molecule has 0 atom stereocenters. The standard InChI is InChI=1S/C19H23N3O5S2/c1-13(2)28(24,25)16-8-5-14(6-9-16)11-19(23)20-15-7-10-17-18(12-15)22(4)29(26,27)21(17)3/h5-10,12-13H,11H2,1-4H3,(H,20,23). The predicted octanol–water partition coefficient (Wildman–Crippen LogP) is 2.18. The van der Waals surface area contributed by atoms with E-state index in [-0.39, 0.29) is 17.2 Å². The van der Waals surface area contributed by atoms with Crippen molar-refractivity contribution in [2.45, 2.75) is 30.4 Å². The molecule has 1 N–H and O–H groups in total. The Bertz CT molecular complexity index is 1160. The molecule has 2 aromatic carbocycles. The number of anilines is 3. The van der Waals surface area contributed by atoms with Crippen LogP contribution in [0.4, 0.5) is 17.1 Å². The smallest absolute Gasteiger partial charge is 0.326 e. The Labute approximate surface area is 171 Å². The molecule has 10 heteroatoms. The van der Waals surface area contributed by atoms with Crippen molar-refractivity contribution in [1.82, 2.24) is 0 Å². The Morgan fingerprint density at radius 1 is 1.00 bits per heavy atom. The van der Waals surface area contributed by atoms with E-state index < -0.39 is 25.3 Å². The van der Waals surface area contributed by atoms with Crippen LogP contribution >= 0.6 is 0 Å². The molecule has 0 saturated carbocycles. The van der Waals surface area contributed by atoms with Gasteiger partial charge in [-0.1, -0.05) is 12.1 Å². The van der Waals surface area contributed by atoms with Crippen LogP contribution in [0.3, 0.4) is 0 Å². The van der Waals surface area contributed by atoms with Gasteiger partial charge in [0, 0.05) is 19.8 Å². The van der Waals surface area contributed by atoms with E-state index in [1.54, 1.807) is 44.2 Å². The number of amides is 1. The van der Waals surface area contributed by atoms with E-state index in [1.807, 2.05) is 0 Å². The molecule has 1 heterocycles. The second-order valence-corrected chi connectivity index (χ2v) is 11.6. The third-order valence-electron chi connectivity index (χ3n) is 4.87. The van der Waals surface area contributed by atoms with Crippen molar-refractivity contribution in [1.29, 1.82) is 0 Å². The number of carbonyl (C=O) groups excluding carboxylic acids is 1. The highest BCUT2D eigenvalue weighted by Crippen LogP contribution is 2.40. The average molecular weight is 438 g/mol. The predicted molar refractivity (Wildman–Crippen MR) is 113 cm³/mol. The van der Waals surface area contributed by atoms with Gasteiger partial charge in [-0.25, -0.2) is 8.42 Å². The Balaban J connectivity index is 1.72. The summed E-state index contributed by atoms with van der Waals surface area (Å²) in [5.41, 5.74) is 2.16. The third kappa shape index (κ3) is 3.82. The zero-order chi connectivity index (χ0) is 21.6. The molecule has 0 fully saturated rings. The Kier molecular flexibility index (Phi) is 5.35. The Hall–Kier alpha value is -2.59. The normalized spacial score (nSPS) is 15.5. The van der Waals surface area contributed by atoms with Crippen LogP contribution in [0.15, 0.2) is 47.4 Å². The van der Waals surface area contributed by atoms with Gasteiger partial charge in [-0.05, 0) is 49.7 Å². The number of benzene rings is 2. The first kappa shape index (κ1) is 21.1. The van der Waals surface area contributed by atoms with Crippen LogP contribution in [0, 0.1) is 0 Å². The largest absolute Gasteiger partial charge is 0.326 e. The monoisotopic (exact) mass is 437 g/mol. The first-order valence-electron chi connectivity index (χ1n) is 8.94. The summed E-state index contributed by atoms with van der Waals surface area (Å²) in [6, 6.07) is 11.1. The Morgan fingerprint density at radius 3 is 2.17 bits per heavy atom. The fourth-order valence-corrected chi connectivity index (χ4v) is 5.24. The van der Waals surface area contributed by atoms with Gasteiger partial charge >= 0.3 is 10.2 Å². The van der Waals surface area contributed by atoms with Gasteiger partial charge in [0.25, 0.3) is 0 Å². The molecule has 29 heavy (non-hydrogen) atoms. The maximum Gasteiger partial charge on any atom is 0.326 e. The lowest BCUT2D eigenvalue weighted by Crippen LogP contribution is -2.32. The summed E-state index contributed by atoms with van der Waals surface area (Å²) in [5.74, 6) is -0.290. The zero-order valence-electron chi connectivity index (χ0n) is 16.6. The fourth-order valence-electron chi connectivity index (χ4n) is 3.01. The lowest BCUT2D eigenvalue weighted by Gasteiger charge is -2.13. The summed E-state index contributed by atoms with van der Waals surface area (Å²) in [6.45, 7) is 3.24. The molecule has 1 amide bonds. The minimum atomic E-state index is -3.57. The van der Waals surface area contributed by atoms with E-state index in [4.69, 9.17) is 0 Å². The van der Waals surface area contributed by atoms with Crippen molar-refractivity contribution < 1.29 is 21.6 Å². The van der Waals surface area contributed by atoms with Gasteiger partial charge in [0.2, 0.25) is 5.91 Å². The molecule has 0 saturated heterocycles. The first-order valence-corrected chi connectivity index (χ1v) is 11.9. The molecule has 0 radical (unpaired) electrons. The molecule has 0 aromatic heterocycles. The van der Waals surface area contributed by atoms with E-state index in [9.17, 15) is 21.6 Å². The summed E-state index contributed by atoms with van der Waals surface area (Å²) in [6.07, 6.45) is 0.0626. The van der Waals surface area contributed by atoms with E-state index in [0.717, 1.165) is 4.31 Å². The van der Waals surface area contributed by atoms with Crippen molar-refractivity contribution in [2.24, 2.45) is 0 Å². The number of fused-ring (bicyclic) bond motifs is 1. The van der Waals surface area contributed by atoms with Crippen molar-refractivity contribution in [2.75, 3.05) is 28.0 Å². The number of nitrogens with zero attached hydrogens (tertiary/aromatic N) is 2. The molecule has 0 spiro atoms. The van der Waals surface area contributed by atoms with E-state index in [1.165, 1.54) is 30.5 Å². The van der Waals surface area contributed by atoms with Crippen molar-refractivity contribution in [3.05, 3.63) is 48.0 Å². The second-order valence-electron chi connectivity index (χ2n) is 7.11. The molecular weight excluding hydrogens is 414 g/mol. The van der Waals surface area contributed by atoms with Crippen LogP contribution in [0.25, 0.3) is 0 Å². The maximum absolute atomic E-state index is 12.4. The van der Waals surface area contributed by atoms with Crippen molar-refractivity contribution >= 4 is 43.0 Å². The van der Waals surface area contributed by atoms with Gasteiger partial charge in [0.05, 0.1) is 27.9 Å². The van der Waals surface area contributed by atoms with E-state index in [2.05, 4.69) is 5.32 Å². The molecule has 0 bridgehead atoms. The van der Waals surface area contributed by atoms with Gasteiger partial charge in [-0.3, -0.25) is 13.4 Å². The topological polar surface area (TPSA) is 104 Å². The third-order valence-corrected chi connectivity index (χ3v) is 8.82. The highest BCUT2D eigenvalue weighted by Gasteiger charge is 2.35. The molecule has 0 aliphatic carbocycles. The van der Waals surface area contributed by atoms with Crippen LogP contribution in [0.2, 0.25) is 0 Å². The van der Waals surface area contributed by atoms with Crippen molar-refractivity contribution in [3.8, 4) is 0 Å². The lowest BCUT2D eigenvalue weighted by molar-refractivity contribution is -0.115. The van der Waals surface area contributed by atoms with Gasteiger partial charge in [0.1, 0.15) is 0 Å². The maximum atomic E-state index is 12.4. The van der Waals surface area contributed by atoms with Crippen LogP contribution in [-0.4, -0.2) is 42.1 Å². The second kappa shape index (κ2) is 7.34. The number of nitrogens with one attached hydrogen (secondary N) is 1. The summed E-state index contributed by atoms with van der Waals surface area (Å²) in [7, 11) is -4.00. The molecule has 3 rings (SSSR count). The molecule has 8 nitrogen and oxygen atoms in total. The number of sulfone groups is 1. The van der Waals surface area contributed by atoms with Crippen LogP contribution in [0.5, 0.6) is 0 Å². The quantitative estimate of drug-likeness (QED) is 0.772. The highest BCUT2D eigenvalue weighted by atomic mass is 32.2. The van der Waals surface area contributed by atoms with Gasteiger partial charge in [-0.2, -0.15) is 8.42 Å². The lowest BCUT2D eigenvalue weighted by atomic mass is 10.1. The van der Waals surface area contributed by atoms with E-state index in [0.29, 0.717) is 22.6 Å². The first-order chi connectivity index (χ1) is 13.4. The van der Waals surface area contributed by atoms with Crippen LogP contribution < -0.4 is 13.9 Å². The highest BCUT2D eigenvalue weighted by molar-refractivity contribution is 7.94. The molecule has 1 aliphatic rings. The average Bonchev–Trinajstić information content (AvgIpc) is 2.82. The molecule has 2 aromatic rings. The van der Waals surface area contributed by atoms with Crippen LogP contribution in [-0.2, 0) is 31.3 Å². The number of rotatable bonds is 5. The molecule has 156 valence electrons. The number of hydrogen-bond acceptors (Lipinski definition) is 5. The SMILES string of the molecule is CC(C)S(=O)(=O)c1ccc(CC(=O)Nc2ccc3c(c2)N(C)S(=O)(=O)N3C)cc1. The minimum Gasteiger partial charge on any atom is -0.326 e. The zero-order valence-corrected chi connectivity index (χ0v) is 18.2. The van der Waals surface area contributed by atoms with Crippen LogP contribution in [0.1, 0.15) is 19.4 Å². The molecule has 0 unspecified atom stereocenters. The minimum absolute atomic E-state index is 0.0626. The summed E-state index contributed by atoms with van der Waals surface area (Å²) in [5, 5.41) is 2.23. The molecular formula is C19H23N3O5S2. The summed E-state index contributed by atoms with van der Waals surface area (Å²) < 4.78 is 51.0. The summed E-state index contributed by atoms with van der Waals surface area (Å²) >= 11 is 0. The number of hydrogen-bond donors (Lipinski definition) is 1. The van der Waals surface area contributed by atoms with Gasteiger partial charge in [0.15, 0.2) is 9.84 Å². The van der Waals surface area contributed by atoms with Gasteiger partial charge < -0.3 is 5.32 Å². The van der Waals surface area contributed by atoms with E-state index >= 15 is 0 Å². The fraction of sp³-hybridized carbons (Fsp3) is 0.316. The molecule has 1 aliphatic heterocycles. The van der Waals surface area contributed by atoms with Crippen molar-refractivity contribution in [3.63, 3.8) is 0 Å². The number of carbonyl (C=O) groups is 1. The van der Waals surface area contributed by atoms with Gasteiger partial charge in [-0.15, -0.1) is 0 Å².